The van der Waals surface area contributed by atoms with Crippen LogP contribution in [0.5, 0.6) is 0 Å². The van der Waals surface area contributed by atoms with Crippen LogP contribution in [0.25, 0.3) is 11.1 Å². The van der Waals surface area contributed by atoms with Gasteiger partial charge < -0.3 is 4.74 Å². The summed E-state index contributed by atoms with van der Waals surface area (Å²) >= 11 is 0. The summed E-state index contributed by atoms with van der Waals surface area (Å²) in [5.41, 5.74) is 4.77. The van der Waals surface area contributed by atoms with Gasteiger partial charge in [0.1, 0.15) is 6.61 Å². The second kappa shape index (κ2) is 6.72. The summed E-state index contributed by atoms with van der Waals surface area (Å²) in [4.78, 5) is 2.13. The van der Waals surface area contributed by atoms with E-state index in [2.05, 4.69) is 29.2 Å². The van der Waals surface area contributed by atoms with Crippen LogP contribution in [0.15, 0.2) is 48.5 Å². The van der Waals surface area contributed by atoms with E-state index in [0.717, 1.165) is 0 Å². The van der Waals surface area contributed by atoms with E-state index >= 15 is 0 Å². The third kappa shape index (κ3) is 4.12. The highest BCUT2D eigenvalue weighted by molar-refractivity contribution is 5.71. The predicted molar refractivity (Wildman–Crippen MR) is 82.9 cm³/mol. The van der Waals surface area contributed by atoms with Crippen molar-refractivity contribution in [3.63, 3.8) is 0 Å². The van der Waals surface area contributed by atoms with Gasteiger partial charge in [0, 0.05) is 19.6 Å². The molecule has 0 aromatic heterocycles. The first-order valence-corrected chi connectivity index (χ1v) is 7.56. The maximum absolute atomic E-state index is 12.1. The molecule has 3 rings (SSSR count). The SMILES string of the molecule is FC(F)(F)COCCN1Cc2ccccc2-c2ccccc2C1. The fourth-order valence-electron chi connectivity index (χ4n) is 2.92. The van der Waals surface area contributed by atoms with Crippen LogP contribution in [0.3, 0.4) is 0 Å². The first-order valence-electron chi connectivity index (χ1n) is 7.56. The van der Waals surface area contributed by atoms with Gasteiger partial charge in [-0.05, 0) is 22.3 Å². The molecule has 0 amide bonds. The smallest absolute Gasteiger partial charge is 0.371 e. The summed E-state index contributed by atoms with van der Waals surface area (Å²) in [7, 11) is 0. The first kappa shape index (κ1) is 16.0. The average Bonchev–Trinajstić information content (AvgIpc) is 2.67. The largest absolute Gasteiger partial charge is 0.411 e. The molecule has 23 heavy (non-hydrogen) atoms. The highest BCUT2D eigenvalue weighted by atomic mass is 19.4. The molecule has 5 heteroatoms. The maximum Gasteiger partial charge on any atom is 0.411 e. The van der Waals surface area contributed by atoms with E-state index in [1.165, 1.54) is 22.3 Å². The molecule has 0 N–H and O–H groups in total. The van der Waals surface area contributed by atoms with Crippen molar-refractivity contribution in [2.24, 2.45) is 0 Å². The lowest BCUT2D eigenvalue weighted by atomic mass is 9.97. The Morgan fingerprint density at radius 3 is 1.91 bits per heavy atom. The number of benzene rings is 2. The van der Waals surface area contributed by atoms with Gasteiger partial charge >= 0.3 is 6.18 Å². The van der Waals surface area contributed by atoms with Crippen molar-refractivity contribution >= 4 is 0 Å². The van der Waals surface area contributed by atoms with Crippen LogP contribution in [0, 0.1) is 0 Å². The molecule has 1 aliphatic rings. The van der Waals surface area contributed by atoms with Crippen molar-refractivity contribution in [3.05, 3.63) is 59.7 Å². The molecule has 2 aromatic rings. The molecule has 0 aliphatic carbocycles. The van der Waals surface area contributed by atoms with Crippen LogP contribution >= 0.6 is 0 Å². The minimum Gasteiger partial charge on any atom is -0.371 e. The normalized spacial score (nSPS) is 14.9. The number of hydrogen-bond acceptors (Lipinski definition) is 2. The Morgan fingerprint density at radius 1 is 0.870 bits per heavy atom. The fraction of sp³-hybridized carbons (Fsp3) is 0.333. The molecular weight excluding hydrogens is 303 g/mol. The van der Waals surface area contributed by atoms with Gasteiger partial charge in [-0.2, -0.15) is 13.2 Å². The van der Waals surface area contributed by atoms with Crippen molar-refractivity contribution in [2.45, 2.75) is 19.3 Å². The Balaban J connectivity index is 1.73. The summed E-state index contributed by atoms with van der Waals surface area (Å²) in [5, 5.41) is 0. The van der Waals surface area contributed by atoms with Gasteiger partial charge in [0.25, 0.3) is 0 Å². The number of halogens is 3. The monoisotopic (exact) mass is 321 g/mol. The standard InChI is InChI=1S/C18H18F3NO/c19-18(20,21)13-23-10-9-22-11-14-5-1-3-7-16(14)17-8-4-2-6-15(17)12-22/h1-8H,9-13H2. The molecule has 1 aliphatic heterocycles. The Labute approximate surface area is 133 Å². The maximum atomic E-state index is 12.1. The highest BCUT2D eigenvalue weighted by Gasteiger charge is 2.27. The molecule has 0 saturated heterocycles. The summed E-state index contributed by atoms with van der Waals surface area (Å²) < 4.78 is 41.2. The average molecular weight is 321 g/mol. The second-order valence-corrected chi connectivity index (χ2v) is 5.69. The molecule has 1 heterocycles. The fourth-order valence-corrected chi connectivity index (χ4v) is 2.92. The van der Waals surface area contributed by atoms with Gasteiger partial charge in [-0.25, -0.2) is 0 Å². The quantitative estimate of drug-likeness (QED) is 0.781. The van der Waals surface area contributed by atoms with Gasteiger partial charge in [0.15, 0.2) is 0 Å². The Morgan fingerprint density at radius 2 is 1.39 bits per heavy atom. The predicted octanol–water partition coefficient (Wildman–Crippen LogP) is 4.25. The van der Waals surface area contributed by atoms with Gasteiger partial charge in [-0.1, -0.05) is 48.5 Å². The number of hydrogen-bond donors (Lipinski definition) is 0. The zero-order valence-corrected chi connectivity index (χ0v) is 12.6. The molecule has 2 aromatic carbocycles. The van der Waals surface area contributed by atoms with Crippen LogP contribution in [0.4, 0.5) is 13.2 Å². The topological polar surface area (TPSA) is 12.5 Å². The Kier molecular flexibility index (Phi) is 4.68. The summed E-state index contributed by atoms with van der Waals surface area (Å²) in [6.45, 7) is 0.775. The lowest BCUT2D eigenvalue weighted by Gasteiger charge is -2.21. The van der Waals surface area contributed by atoms with Crippen LogP contribution in [0.1, 0.15) is 11.1 Å². The van der Waals surface area contributed by atoms with Gasteiger partial charge in [-0.3, -0.25) is 4.90 Å². The minimum atomic E-state index is -4.27. The zero-order chi connectivity index (χ0) is 16.3. The molecule has 0 unspecified atom stereocenters. The van der Waals surface area contributed by atoms with Gasteiger partial charge in [0.05, 0.1) is 6.61 Å². The van der Waals surface area contributed by atoms with Crippen molar-refractivity contribution in [1.29, 1.82) is 0 Å². The summed E-state index contributed by atoms with van der Waals surface area (Å²) in [6, 6.07) is 16.3. The van der Waals surface area contributed by atoms with E-state index in [-0.39, 0.29) is 6.61 Å². The molecule has 0 bridgehead atoms. The molecule has 2 nitrogen and oxygen atoms in total. The van der Waals surface area contributed by atoms with Crippen molar-refractivity contribution in [2.75, 3.05) is 19.8 Å². The third-order valence-electron chi connectivity index (χ3n) is 3.93. The van der Waals surface area contributed by atoms with Crippen molar-refractivity contribution < 1.29 is 17.9 Å². The van der Waals surface area contributed by atoms with E-state index in [4.69, 9.17) is 4.74 Å². The molecular formula is C18H18F3NO. The van der Waals surface area contributed by atoms with Gasteiger partial charge in [-0.15, -0.1) is 0 Å². The van der Waals surface area contributed by atoms with Crippen LogP contribution < -0.4 is 0 Å². The first-order chi connectivity index (χ1) is 11.0. The minimum absolute atomic E-state index is 0.0733. The number of alkyl halides is 3. The molecule has 122 valence electrons. The molecule has 0 saturated carbocycles. The van der Waals surface area contributed by atoms with Crippen LogP contribution in [-0.4, -0.2) is 30.8 Å². The Bertz CT molecular complexity index is 622. The summed E-state index contributed by atoms with van der Waals surface area (Å²) in [6.07, 6.45) is -4.27. The number of fused-ring (bicyclic) bond motifs is 3. The number of nitrogens with zero attached hydrogens (tertiary/aromatic N) is 1. The lowest BCUT2D eigenvalue weighted by molar-refractivity contribution is -0.174. The lowest BCUT2D eigenvalue weighted by Crippen LogP contribution is -2.28. The van der Waals surface area contributed by atoms with Crippen LogP contribution in [0.2, 0.25) is 0 Å². The summed E-state index contributed by atoms with van der Waals surface area (Å²) in [5.74, 6) is 0. The van der Waals surface area contributed by atoms with E-state index < -0.39 is 12.8 Å². The van der Waals surface area contributed by atoms with Crippen LogP contribution in [-0.2, 0) is 17.8 Å². The number of rotatable bonds is 4. The van der Waals surface area contributed by atoms with Crippen molar-refractivity contribution in [3.8, 4) is 11.1 Å². The highest BCUT2D eigenvalue weighted by Crippen LogP contribution is 2.32. The Hall–Kier alpha value is -1.85. The van der Waals surface area contributed by atoms with Crippen molar-refractivity contribution in [1.82, 2.24) is 4.90 Å². The molecule has 0 fully saturated rings. The zero-order valence-electron chi connectivity index (χ0n) is 12.6. The third-order valence-corrected chi connectivity index (χ3v) is 3.93. The van der Waals surface area contributed by atoms with E-state index in [9.17, 15) is 13.2 Å². The molecule has 0 atom stereocenters. The van der Waals surface area contributed by atoms with E-state index in [1.54, 1.807) is 0 Å². The van der Waals surface area contributed by atoms with Gasteiger partial charge in [0.2, 0.25) is 0 Å². The number of ether oxygens (including phenoxy) is 1. The van der Waals surface area contributed by atoms with E-state index in [1.807, 2.05) is 24.3 Å². The van der Waals surface area contributed by atoms with E-state index in [0.29, 0.717) is 19.6 Å². The molecule has 0 spiro atoms. The molecule has 0 radical (unpaired) electrons. The second-order valence-electron chi connectivity index (χ2n) is 5.69.